The number of carbonyl (C=O) groups excluding carboxylic acids is 2. The van der Waals surface area contributed by atoms with Gasteiger partial charge in [-0.05, 0) is 30.3 Å². The third-order valence-corrected chi connectivity index (χ3v) is 4.63. The van der Waals surface area contributed by atoms with Gasteiger partial charge in [0.15, 0.2) is 11.7 Å². The van der Waals surface area contributed by atoms with Crippen LogP contribution in [-0.4, -0.2) is 23.5 Å². The fourth-order valence-electron chi connectivity index (χ4n) is 2.12. The van der Waals surface area contributed by atoms with E-state index in [2.05, 4.69) is 26.2 Å². The van der Waals surface area contributed by atoms with E-state index in [4.69, 9.17) is 10.5 Å². The third-order valence-electron chi connectivity index (χ3n) is 3.35. The zero-order chi connectivity index (χ0) is 18.5. The van der Waals surface area contributed by atoms with Gasteiger partial charge in [-0.15, -0.1) is 11.3 Å². The molecule has 0 saturated carbocycles. The molecule has 0 spiro atoms. The van der Waals surface area contributed by atoms with E-state index in [1.54, 1.807) is 18.2 Å². The first-order valence-electron chi connectivity index (χ1n) is 7.55. The van der Waals surface area contributed by atoms with Crippen LogP contribution >= 0.6 is 27.3 Å². The number of benzene rings is 2. The Balaban J connectivity index is 1.55. The molecule has 132 valence electrons. The number of halogens is 1. The van der Waals surface area contributed by atoms with E-state index < -0.39 is 18.5 Å². The van der Waals surface area contributed by atoms with Gasteiger partial charge in [-0.3, -0.25) is 10.1 Å². The summed E-state index contributed by atoms with van der Waals surface area (Å²) in [6.45, 7) is -0.402. The fourth-order valence-corrected chi connectivity index (χ4v) is 3.12. The van der Waals surface area contributed by atoms with Crippen molar-refractivity contribution in [3.8, 4) is 11.3 Å². The number of carbonyl (C=O) groups is 2. The number of thiazole rings is 1. The highest BCUT2D eigenvalue weighted by Gasteiger charge is 2.12. The van der Waals surface area contributed by atoms with Crippen LogP contribution in [0.25, 0.3) is 11.3 Å². The zero-order valence-electron chi connectivity index (χ0n) is 13.4. The molecule has 26 heavy (non-hydrogen) atoms. The monoisotopic (exact) mass is 431 g/mol. The van der Waals surface area contributed by atoms with E-state index in [1.165, 1.54) is 17.4 Å². The van der Waals surface area contributed by atoms with E-state index in [1.807, 2.05) is 29.6 Å². The first-order chi connectivity index (χ1) is 12.5. The minimum absolute atomic E-state index is 0.296. The summed E-state index contributed by atoms with van der Waals surface area (Å²) in [4.78, 5) is 28.2. The van der Waals surface area contributed by atoms with Gasteiger partial charge in [0.25, 0.3) is 5.91 Å². The van der Waals surface area contributed by atoms with Gasteiger partial charge >= 0.3 is 5.97 Å². The summed E-state index contributed by atoms with van der Waals surface area (Å²) in [5, 5.41) is 4.90. The lowest BCUT2D eigenvalue weighted by atomic mass is 10.2. The first-order valence-corrected chi connectivity index (χ1v) is 9.22. The maximum absolute atomic E-state index is 12.0. The number of nitrogens with two attached hydrogens (primary N) is 1. The van der Waals surface area contributed by atoms with Crippen molar-refractivity contribution in [3.05, 3.63) is 63.9 Å². The average molecular weight is 432 g/mol. The molecule has 8 heteroatoms. The Morgan fingerprint density at radius 1 is 1.19 bits per heavy atom. The van der Waals surface area contributed by atoms with Crippen LogP contribution in [-0.2, 0) is 9.53 Å². The summed E-state index contributed by atoms with van der Waals surface area (Å²) in [6.07, 6.45) is 0. The van der Waals surface area contributed by atoms with Crippen LogP contribution in [0.2, 0.25) is 0 Å². The normalized spacial score (nSPS) is 10.3. The van der Waals surface area contributed by atoms with Crippen LogP contribution in [0.3, 0.4) is 0 Å². The van der Waals surface area contributed by atoms with Gasteiger partial charge in [0.2, 0.25) is 0 Å². The molecule has 6 nitrogen and oxygen atoms in total. The largest absolute Gasteiger partial charge is 0.452 e. The quantitative estimate of drug-likeness (QED) is 0.470. The number of nitrogen functional groups attached to an aromatic ring is 1. The summed E-state index contributed by atoms with van der Waals surface area (Å²) in [5.41, 5.74) is 8.06. The number of rotatable bonds is 5. The Bertz CT molecular complexity index is 941. The van der Waals surface area contributed by atoms with Crippen molar-refractivity contribution in [1.29, 1.82) is 0 Å². The number of nitrogens with one attached hydrogen (secondary N) is 1. The second-order valence-electron chi connectivity index (χ2n) is 5.29. The first kappa shape index (κ1) is 18.1. The van der Waals surface area contributed by atoms with Crippen LogP contribution < -0.4 is 11.1 Å². The minimum atomic E-state index is -0.609. The molecule has 3 rings (SSSR count). The SMILES string of the molecule is Nc1cccc(C(=O)OCC(=O)Nc2nc(-c3ccc(Br)cc3)cs2)c1. The molecule has 1 aromatic heterocycles. The van der Waals surface area contributed by atoms with Crippen LogP contribution in [0.15, 0.2) is 58.4 Å². The highest BCUT2D eigenvalue weighted by molar-refractivity contribution is 9.10. The number of hydrogen-bond donors (Lipinski definition) is 2. The Morgan fingerprint density at radius 2 is 1.96 bits per heavy atom. The van der Waals surface area contributed by atoms with Crippen LogP contribution in [0.5, 0.6) is 0 Å². The van der Waals surface area contributed by atoms with Gasteiger partial charge in [-0.25, -0.2) is 9.78 Å². The van der Waals surface area contributed by atoms with Crippen molar-refractivity contribution in [2.45, 2.75) is 0 Å². The highest BCUT2D eigenvalue weighted by Crippen LogP contribution is 2.26. The van der Waals surface area contributed by atoms with Crippen molar-refractivity contribution < 1.29 is 14.3 Å². The van der Waals surface area contributed by atoms with E-state index in [9.17, 15) is 9.59 Å². The molecule has 3 N–H and O–H groups in total. The summed E-state index contributed by atoms with van der Waals surface area (Å²) in [6, 6.07) is 14.1. The van der Waals surface area contributed by atoms with Crippen molar-refractivity contribution in [3.63, 3.8) is 0 Å². The van der Waals surface area contributed by atoms with Crippen molar-refractivity contribution in [2.75, 3.05) is 17.7 Å². The predicted octanol–water partition coefficient (Wildman–Crippen LogP) is 3.95. The Labute approximate surface area is 162 Å². The number of anilines is 2. The lowest BCUT2D eigenvalue weighted by molar-refractivity contribution is -0.119. The summed E-state index contributed by atoms with van der Waals surface area (Å²) < 4.78 is 5.97. The van der Waals surface area contributed by atoms with Gasteiger partial charge in [-0.1, -0.05) is 34.1 Å². The second kappa shape index (κ2) is 8.11. The van der Waals surface area contributed by atoms with E-state index in [-0.39, 0.29) is 0 Å². The Hall–Kier alpha value is -2.71. The Kier molecular flexibility index (Phi) is 5.65. The van der Waals surface area contributed by atoms with Gasteiger partial charge in [-0.2, -0.15) is 0 Å². The maximum Gasteiger partial charge on any atom is 0.338 e. The molecule has 0 atom stereocenters. The summed E-state index contributed by atoms with van der Waals surface area (Å²) in [5.74, 6) is -1.07. The molecular weight excluding hydrogens is 418 g/mol. The minimum Gasteiger partial charge on any atom is -0.452 e. The number of ether oxygens (including phenoxy) is 1. The second-order valence-corrected chi connectivity index (χ2v) is 7.07. The van der Waals surface area contributed by atoms with Gasteiger partial charge in [0, 0.05) is 21.1 Å². The van der Waals surface area contributed by atoms with Crippen LogP contribution in [0, 0.1) is 0 Å². The molecule has 0 radical (unpaired) electrons. The number of hydrogen-bond acceptors (Lipinski definition) is 6. The molecule has 0 aliphatic heterocycles. The molecule has 0 aliphatic carbocycles. The molecular formula is C18H14BrN3O3S. The molecule has 0 bridgehead atoms. The number of aromatic nitrogens is 1. The molecule has 0 unspecified atom stereocenters. The van der Waals surface area contributed by atoms with Gasteiger partial charge < -0.3 is 10.5 Å². The lowest BCUT2D eigenvalue weighted by Gasteiger charge is -2.05. The Morgan fingerprint density at radius 3 is 2.69 bits per heavy atom. The molecule has 0 fully saturated rings. The van der Waals surface area contributed by atoms with Gasteiger partial charge in [0.05, 0.1) is 11.3 Å². The third kappa shape index (κ3) is 4.68. The predicted molar refractivity (Wildman–Crippen MR) is 105 cm³/mol. The van der Waals surface area contributed by atoms with E-state index in [0.717, 1.165) is 15.7 Å². The molecule has 1 heterocycles. The summed E-state index contributed by atoms with van der Waals surface area (Å²) >= 11 is 4.68. The van der Waals surface area contributed by atoms with Crippen LogP contribution in [0.1, 0.15) is 10.4 Å². The molecule has 3 aromatic rings. The summed E-state index contributed by atoms with van der Waals surface area (Å²) in [7, 11) is 0. The number of amides is 1. The molecule has 2 aromatic carbocycles. The number of nitrogens with zero attached hydrogens (tertiary/aromatic N) is 1. The molecule has 1 amide bonds. The highest BCUT2D eigenvalue weighted by atomic mass is 79.9. The molecule has 0 aliphatic rings. The van der Waals surface area contributed by atoms with Crippen molar-refractivity contribution in [1.82, 2.24) is 4.98 Å². The van der Waals surface area contributed by atoms with E-state index >= 15 is 0 Å². The van der Waals surface area contributed by atoms with E-state index in [0.29, 0.717) is 16.4 Å². The fraction of sp³-hybridized carbons (Fsp3) is 0.0556. The topological polar surface area (TPSA) is 94.3 Å². The van der Waals surface area contributed by atoms with Crippen molar-refractivity contribution >= 4 is 50.0 Å². The van der Waals surface area contributed by atoms with Gasteiger partial charge in [0.1, 0.15) is 0 Å². The maximum atomic E-state index is 12.0. The average Bonchev–Trinajstić information content (AvgIpc) is 3.08. The zero-order valence-corrected chi connectivity index (χ0v) is 15.8. The molecule has 0 saturated heterocycles. The number of esters is 1. The smallest absolute Gasteiger partial charge is 0.338 e. The van der Waals surface area contributed by atoms with Crippen LogP contribution in [0.4, 0.5) is 10.8 Å². The standard InChI is InChI=1S/C18H14BrN3O3S/c19-13-6-4-11(5-7-13)15-10-26-18(21-15)22-16(23)9-25-17(24)12-2-1-3-14(20)8-12/h1-8,10H,9,20H2,(H,21,22,23). The lowest BCUT2D eigenvalue weighted by Crippen LogP contribution is -2.20. The van der Waals surface area contributed by atoms with Crippen molar-refractivity contribution in [2.24, 2.45) is 0 Å².